The van der Waals surface area contributed by atoms with Crippen molar-refractivity contribution < 1.29 is 18.0 Å². The van der Waals surface area contributed by atoms with Gasteiger partial charge in [0.15, 0.2) is 0 Å². The Bertz CT molecular complexity index is 1110. The molecule has 2 rings (SSSR count). The molecule has 11 heteroatoms. The number of rotatable bonds is 11. The third-order valence-electron chi connectivity index (χ3n) is 5.17. The number of likely N-dealkylation sites (N-methyl/N-ethyl adjacent to an activating group) is 1. The maximum atomic E-state index is 13.4. The Balaban J connectivity index is 2.34. The first-order valence-corrected chi connectivity index (χ1v) is 13.3. The van der Waals surface area contributed by atoms with E-state index < -0.39 is 28.5 Å². The summed E-state index contributed by atoms with van der Waals surface area (Å²) in [4.78, 5) is 27.6. The van der Waals surface area contributed by atoms with Gasteiger partial charge in [-0.1, -0.05) is 54.7 Å². The van der Waals surface area contributed by atoms with E-state index in [0.717, 1.165) is 10.7 Å². The first kappa shape index (κ1) is 28.4. The number of sulfonamides is 1. The number of carbonyl (C=O) groups excluding carboxylic acids is 2. The average Bonchev–Trinajstić information content (AvgIpc) is 2.79. The van der Waals surface area contributed by atoms with Gasteiger partial charge >= 0.3 is 0 Å². The number of nitrogens with one attached hydrogen (secondary N) is 1. The molecule has 1 unspecified atom stereocenters. The Morgan fingerprint density at radius 1 is 1.00 bits per heavy atom. The van der Waals surface area contributed by atoms with E-state index >= 15 is 0 Å². The minimum atomic E-state index is -3.95. The number of amides is 2. The van der Waals surface area contributed by atoms with Crippen LogP contribution in [0.15, 0.2) is 47.4 Å². The Labute approximate surface area is 216 Å². The van der Waals surface area contributed by atoms with Crippen molar-refractivity contribution >= 4 is 56.6 Å². The lowest BCUT2D eigenvalue weighted by atomic mass is 10.1. The highest BCUT2D eigenvalue weighted by molar-refractivity contribution is 7.89. The van der Waals surface area contributed by atoms with Crippen molar-refractivity contribution in [1.82, 2.24) is 14.5 Å². The molecular weight excluding hydrogens is 521 g/mol. The lowest BCUT2D eigenvalue weighted by Gasteiger charge is -2.32. The van der Waals surface area contributed by atoms with E-state index in [1.54, 1.807) is 25.1 Å². The molecule has 0 aliphatic carbocycles. The lowest BCUT2D eigenvalue weighted by molar-refractivity contribution is -0.141. The minimum absolute atomic E-state index is 0.00669. The van der Waals surface area contributed by atoms with Crippen LogP contribution in [-0.4, -0.2) is 55.6 Å². The molecule has 0 aromatic heterocycles. The zero-order valence-corrected chi connectivity index (χ0v) is 22.3. The number of halogens is 3. The molecule has 0 saturated heterocycles. The van der Waals surface area contributed by atoms with Crippen LogP contribution < -0.4 is 5.32 Å². The van der Waals surface area contributed by atoms with E-state index in [1.807, 2.05) is 6.92 Å². The Kier molecular flexibility index (Phi) is 10.6. The van der Waals surface area contributed by atoms with Gasteiger partial charge < -0.3 is 10.2 Å². The largest absolute Gasteiger partial charge is 0.354 e. The fraction of sp³-hybridized carbons (Fsp3) is 0.391. The van der Waals surface area contributed by atoms with Gasteiger partial charge in [-0.25, -0.2) is 8.42 Å². The quantitative estimate of drug-likeness (QED) is 0.445. The molecule has 2 aromatic carbocycles. The van der Waals surface area contributed by atoms with E-state index in [2.05, 4.69) is 5.32 Å². The molecule has 0 radical (unpaired) electrons. The standard InChI is InChI=1S/C23H28Cl3N3O4S/c1-4-12-27-23(31)21(5-2)29(14-16-6-7-18(25)13-20(16)26)22(30)15-28(3)34(32,33)19-10-8-17(24)9-11-19/h6-11,13,21H,4-5,12,14-15H2,1-3H3,(H,27,31). The molecule has 7 nitrogen and oxygen atoms in total. The number of benzene rings is 2. The molecule has 0 aliphatic heterocycles. The maximum absolute atomic E-state index is 13.4. The summed E-state index contributed by atoms with van der Waals surface area (Å²) in [5.74, 6) is -0.851. The topological polar surface area (TPSA) is 86.8 Å². The van der Waals surface area contributed by atoms with Gasteiger partial charge in [0.1, 0.15) is 6.04 Å². The van der Waals surface area contributed by atoms with Crippen molar-refractivity contribution in [3.8, 4) is 0 Å². The lowest BCUT2D eigenvalue weighted by Crippen LogP contribution is -2.51. The Morgan fingerprint density at radius 3 is 2.18 bits per heavy atom. The van der Waals surface area contributed by atoms with Gasteiger partial charge in [-0.3, -0.25) is 9.59 Å². The van der Waals surface area contributed by atoms with Crippen molar-refractivity contribution in [2.45, 2.75) is 44.2 Å². The Hall–Kier alpha value is -1.84. The van der Waals surface area contributed by atoms with E-state index in [4.69, 9.17) is 34.8 Å². The molecule has 0 spiro atoms. The Morgan fingerprint density at radius 2 is 1.62 bits per heavy atom. The van der Waals surface area contributed by atoms with Gasteiger partial charge in [0.05, 0.1) is 11.4 Å². The monoisotopic (exact) mass is 547 g/mol. The molecule has 0 saturated carbocycles. The number of carbonyl (C=O) groups is 2. The summed E-state index contributed by atoms with van der Waals surface area (Å²) >= 11 is 18.2. The molecular formula is C23H28Cl3N3O4S. The van der Waals surface area contributed by atoms with Crippen molar-refractivity contribution in [2.24, 2.45) is 0 Å². The predicted molar refractivity (Wildman–Crippen MR) is 136 cm³/mol. The summed E-state index contributed by atoms with van der Waals surface area (Å²) in [5.41, 5.74) is 0.587. The SMILES string of the molecule is CCCNC(=O)C(CC)N(Cc1ccc(Cl)cc1Cl)C(=O)CN(C)S(=O)(=O)c1ccc(Cl)cc1. The molecule has 0 heterocycles. The van der Waals surface area contributed by atoms with E-state index in [1.165, 1.54) is 36.2 Å². The molecule has 0 aliphatic rings. The van der Waals surface area contributed by atoms with Crippen molar-refractivity contribution in [3.63, 3.8) is 0 Å². The van der Waals surface area contributed by atoms with Crippen LogP contribution in [0.3, 0.4) is 0 Å². The van der Waals surface area contributed by atoms with Gasteiger partial charge in [-0.05, 0) is 54.8 Å². The predicted octanol–water partition coefficient (Wildman–Crippen LogP) is 4.60. The summed E-state index contributed by atoms with van der Waals surface area (Å²) < 4.78 is 26.9. The zero-order valence-electron chi connectivity index (χ0n) is 19.2. The number of hydrogen-bond donors (Lipinski definition) is 1. The second-order valence-electron chi connectivity index (χ2n) is 7.69. The van der Waals surface area contributed by atoms with Gasteiger partial charge in [-0.15, -0.1) is 0 Å². The summed E-state index contributed by atoms with van der Waals surface area (Å²) in [7, 11) is -2.64. The van der Waals surface area contributed by atoms with Crippen LogP contribution in [0.25, 0.3) is 0 Å². The summed E-state index contributed by atoms with van der Waals surface area (Å²) in [5, 5.41) is 3.99. The average molecular weight is 549 g/mol. The molecule has 1 atom stereocenters. The van der Waals surface area contributed by atoms with Crippen LogP contribution in [0.2, 0.25) is 15.1 Å². The molecule has 1 N–H and O–H groups in total. The highest BCUT2D eigenvalue weighted by Gasteiger charge is 2.32. The minimum Gasteiger partial charge on any atom is -0.354 e. The third-order valence-corrected chi connectivity index (χ3v) is 7.83. The fourth-order valence-electron chi connectivity index (χ4n) is 3.27. The fourth-order valence-corrected chi connectivity index (χ4v) is 4.99. The van der Waals surface area contributed by atoms with Crippen LogP contribution >= 0.6 is 34.8 Å². The molecule has 2 amide bonds. The normalized spacial score (nSPS) is 12.4. The van der Waals surface area contributed by atoms with Gasteiger partial charge in [0, 0.05) is 35.2 Å². The first-order chi connectivity index (χ1) is 16.0. The summed E-state index contributed by atoms with van der Waals surface area (Å²) in [6.07, 6.45) is 1.07. The number of hydrogen-bond acceptors (Lipinski definition) is 4. The van der Waals surface area contributed by atoms with Gasteiger partial charge in [0.2, 0.25) is 21.8 Å². The molecule has 2 aromatic rings. The van der Waals surface area contributed by atoms with E-state index in [-0.39, 0.29) is 17.3 Å². The smallest absolute Gasteiger partial charge is 0.243 e. The van der Waals surface area contributed by atoms with Crippen LogP contribution in [-0.2, 0) is 26.2 Å². The van der Waals surface area contributed by atoms with Crippen molar-refractivity contribution in [3.05, 3.63) is 63.1 Å². The van der Waals surface area contributed by atoms with Gasteiger partial charge in [-0.2, -0.15) is 4.31 Å². The third kappa shape index (κ3) is 7.33. The van der Waals surface area contributed by atoms with E-state index in [9.17, 15) is 18.0 Å². The van der Waals surface area contributed by atoms with Crippen molar-refractivity contribution in [2.75, 3.05) is 20.1 Å². The summed E-state index contributed by atoms with van der Waals surface area (Å²) in [6.45, 7) is 3.72. The van der Waals surface area contributed by atoms with Crippen LogP contribution in [0.1, 0.15) is 32.3 Å². The van der Waals surface area contributed by atoms with Gasteiger partial charge in [0.25, 0.3) is 0 Å². The van der Waals surface area contributed by atoms with Crippen LogP contribution in [0, 0.1) is 0 Å². The molecule has 34 heavy (non-hydrogen) atoms. The zero-order chi connectivity index (χ0) is 25.5. The second kappa shape index (κ2) is 12.7. The number of nitrogens with zero attached hydrogens (tertiary/aromatic N) is 2. The molecule has 0 fully saturated rings. The molecule has 0 bridgehead atoms. The first-order valence-electron chi connectivity index (χ1n) is 10.7. The maximum Gasteiger partial charge on any atom is 0.243 e. The van der Waals surface area contributed by atoms with Crippen LogP contribution in [0.5, 0.6) is 0 Å². The van der Waals surface area contributed by atoms with Crippen molar-refractivity contribution in [1.29, 1.82) is 0 Å². The molecule has 186 valence electrons. The summed E-state index contributed by atoms with van der Waals surface area (Å²) in [6, 6.07) is 9.73. The second-order valence-corrected chi connectivity index (χ2v) is 11.0. The highest BCUT2D eigenvalue weighted by atomic mass is 35.5. The van der Waals surface area contributed by atoms with E-state index in [0.29, 0.717) is 33.6 Å². The van der Waals surface area contributed by atoms with Crippen LogP contribution in [0.4, 0.5) is 0 Å². The highest BCUT2D eigenvalue weighted by Crippen LogP contribution is 2.24.